The molecule has 2 heterocycles. The Hall–Kier alpha value is -1.78. The Morgan fingerprint density at radius 2 is 2.05 bits per heavy atom. The Kier molecular flexibility index (Phi) is 5.63. The number of hydrogen-bond acceptors (Lipinski definition) is 3. The summed E-state index contributed by atoms with van der Waals surface area (Å²) >= 11 is 0. The molecule has 22 heavy (non-hydrogen) atoms. The van der Waals surface area contributed by atoms with Crippen molar-refractivity contribution >= 4 is 11.8 Å². The second kappa shape index (κ2) is 7.47. The van der Waals surface area contributed by atoms with Crippen LogP contribution in [0.4, 0.5) is 5.82 Å². The van der Waals surface area contributed by atoms with Crippen molar-refractivity contribution in [2.75, 3.05) is 39.1 Å². The van der Waals surface area contributed by atoms with Crippen LogP contribution < -0.4 is 10.2 Å². The van der Waals surface area contributed by atoms with E-state index in [1.54, 1.807) is 0 Å². The van der Waals surface area contributed by atoms with Crippen molar-refractivity contribution in [3.05, 3.63) is 23.9 Å². The van der Waals surface area contributed by atoms with Crippen LogP contribution in [0, 0.1) is 11.8 Å². The molecule has 0 amide bonds. The molecule has 1 aromatic rings. The van der Waals surface area contributed by atoms with Crippen molar-refractivity contribution in [2.45, 2.75) is 26.8 Å². The van der Waals surface area contributed by atoms with E-state index < -0.39 is 0 Å². The predicted molar refractivity (Wildman–Crippen MR) is 93.3 cm³/mol. The Bertz CT molecular complexity index is 502. The van der Waals surface area contributed by atoms with Gasteiger partial charge in [0.1, 0.15) is 5.82 Å². The highest BCUT2D eigenvalue weighted by Gasteiger charge is 2.24. The fourth-order valence-electron chi connectivity index (χ4n) is 3.31. The molecule has 0 radical (unpaired) electrons. The van der Waals surface area contributed by atoms with E-state index in [-0.39, 0.29) is 0 Å². The van der Waals surface area contributed by atoms with E-state index >= 15 is 0 Å². The summed E-state index contributed by atoms with van der Waals surface area (Å²) in [5.41, 5.74) is 1.19. The number of pyridine rings is 1. The highest BCUT2D eigenvalue weighted by atomic mass is 15.3. The number of rotatable bonds is 3. The molecule has 0 saturated carbocycles. The van der Waals surface area contributed by atoms with Gasteiger partial charge in [0, 0.05) is 52.5 Å². The van der Waals surface area contributed by atoms with Gasteiger partial charge in [-0.25, -0.2) is 4.98 Å². The Morgan fingerprint density at radius 3 is 2.64 bits per heavy atom. The molecule has 1 fully saturated rings. The zero-order chi connectivity index (χ0) is 16.1. The van der Waals surface area contributed by atoms with Crippen LogP contribution in [-0.4, -0.2) is 50.1 Å². The molecule has 1 N–H and O–H groups in total. The maximum absolute atomic E-state index is 4.47. The number of piperidine rings is 1. The number of likely N-dealkylation sites (tertiary alicyclic amines) is 1. The normalized spacial score (nSPS) is 22.6. The Morgan fingerprint density at radius 1 is 1.36 bits per heavy atom. The lowest BCUT2D eigenvalue weighted by atomic mass is 9.92. The van der Waals surface area contributed by atoms with Crippen LogP contribution >= 0.6 is 0 Å². The van der Waals surface area contributed by atoms with Crippen molar-refractivity contribution in [3.8, 4) is 0 Å². The molecule has 1 aromatic heterocycles. The van der Waals surface area contributed by atoms with Gasteiger partial charge in [-0.1, -0.05) is 19.9 Å². The van der Waals surface area contributed by atoms with E-state index in [9.17, 15) is 0 Å². The maximum atomic E-state index is 4.47. The van der Waals surface area contributed by atoms with E-state index in [4.69, 9.17) is 0 Å². The number of nitrogens with zero attached hydrogens (tertiary/aromatic N) is 4. The van der Waals surface area contributed by atoms with Gasteiger partial charge in [0.25, 0.3) is 0 Å². The van der Waals surface area contributed by atoms with Gasteiger partial charge in [0.05, 0.1) is 0 Å². The SMILES string of the molecule is CN=C(NCc1cccnc1N(C)C)N1CC(C)CC(C)C1. The van der Waals surface area contributed by atoms with Gasteiger partial charge in [-0.3, -0.25) is 4.99 Å². The molecule has 2 unspecified atom stereocenters. The van der Waals surface area contributed by atoms with Crippen molar-refractivity contribution in [3.63, 3.8) is 0 Å². The van der Waals surface area contributed by atoms with Crippen LogP contribution in [0.1, 0.15) is 25.8 Å². The largest absolute Gasteiger partial charge is 0.362 e. The van der Waals surface area contributed by atoms with Crippen LogP contribution in [-0.2, 0) is 6.54 Å². The molecule has 5 nitrogen and oxygen atoms in total. The average molecular weight is 303 g/mol. The standard InChI is InChI=1S/C17H29N5/c1-13-9-14(2)12-22(11-13)17(18-3)20-10-15-7-6-8-19-16(15)21(4)5/h6-8,13-14H,9-12H2,1-5H3,(H,18,20). The van der Waals surface area contributed by atoms with Crippen molar-refractivity contribution in [1.82, 2.24) is 15.2 Å². The first kappa shape index (κ1) is 16.6. The third-order valence-corrected chi connectivity index (χ3v) is 4.11. The first-order valence-corrected chi connectivity index (χ1v) is 8.08. The maximum Gasteiger partial charge on any atom is 0.193 e. The average Bonchev–Trinajstić information content (AvgIpc) is 2.47. The van der Waals surface area contributed by atoms with Gasteiger partial charge in [0.15, 0.2) is 5.96 Å². The lowest BCUT2D eigenvalue weighted by Crippen LogP contribution is -2.48. The molecule has 122 valence electrons. The number of nitrogens with one attached hydrogen (secondary N) is 1. The molecule has 1 aliphatic rings. The molecular weight excluding hydrogens is 274 g/mol. The molecule has 0 aliphatic carbocycles. The summed E-state index contributed by atoms with van der Waals surface area (Å²) in [7, 11) is 5.91. The van der Waals surface area contributed by atoms with Crippen molar-refractivity contribution in [2.24, 2.45) is 16.8 Å². The van der Waals surface area contributed by atoms with E-state index in [0.29, 0.717) is 0 Å². The second-order valence-electron chi connectivity index (χ2n) is 6.63. The molecule has 1 saturated heterocycles. The number of aromatic nitrogens is 1. The number of guanidine groups is 1. The molecule has 2 rings (SSSR count). The third-order valence-electron chi connectivity index (χ3n) is 4.11. The number of anilines is 1. The van der Waals surface area contributed by atoms with E-state index in [1.165, 1.54) is 12.0 Å². The smallest absolute Gasteiger partial charge is 0.193 e. The molecule has 1 aliphatic heterocycles. The van der Waals surface area contributed by atoms with Gasteiger partial charge < -0.3 is 15.1 Å². The van der Waals surface area contributed by atoms with Gasteiger partial charge in [-0.05, 0) is 24.3 Å². The highest BCUT2D eigenvalue weighted by molar-refractivity contribution is 5.80. The number of aliphatic imine (C=N–C) groups is 1. The second-order valence-corrected chi connectivity index (χ2v) is 6.63. The summed E-state index contributed by atoms with van der Waals surface area (Å²) in [6, 6.07) is 4.10. The topological polar surface area (TPSA) is 43.8 Å². The zero-order valence-electron chi connectivity index (χ0n) is 14.5. The molecule has 0 bridgehead atoms. The Labute approximate surface area is 134 Å². The fourth-order valence-corrected chi connectivity index (χ4v) is 3.31. The summed E-state index contributed by atoms with van der Waals surface area (Å²) in [5, 5.41) is 3.50. The van der Waals surface area contributed by atoms with E-state index in [2.05, 4.69) is 40.1 Å². The molecule has 0 spiro atoms. The van der Waals surface area contributed by atoms with Gasteiger partial charge in [0.2, 0.25) is 0 Å². The zero-order valence-corrected chi connectivity index (χ0v) is 14.5. The van der Waals surface area contributed by atoms with E-state index in [1.807, 2.05) is 38.3 Å². The minimum absolute atomic E-state index is 0.720. The minimum Gasteiger partial charge on any atom is -0.362 e. The van der Waals surface area contributed by atoms with Gasteiger partial charge >= 0.3 is 0 Å². The molecular formula is C17H29N5. The van der Waals surface area contributed by atoms with E-state index in [0.717, 1.165) is 43.2 Å². The summed E-state index contributed by atoms with van der Waals surface area (Å²) in [6.45, 7) is 7.55. The summed E-state index contributed by atoms with van der Waals surface area (Å²) < 4.78 is 0. The van der Waals surface area contributed by atoms with Crippen molar-refractivity contribution in [1.29, 1.82) is 0 Å². The van der Waals surface area contributed by atoms with Crippen LogP contribution in [0.15, 0.2) is 23.3 Å². The summed E-state index contributed by atoms with van der Waals surface area (Å²) in [6.07, 6.45) is 3.14. The number of hydrogen-bond donors (Lipinski definition) is 1. The van der Waals surface area contributed by atoms with Crippen molar-refractivity contribution < 1.29 is 0 Å². The van der Waals surface area contributed by atoms with Crippen LogP contribution in [0.2, 0.25) is 0 Å². The lowest BCUT2D eigenvalue weighted by Gasteiger charge is -2.37. The third kappa shape index (κ3) is 4.12. The lowest BCUT2D eigenvalue weighted by molar-refractivity contribution is 0.208. The molecule has 0 aromatic carbocycles. The first-order valence-electron chi connectivity index (χ1n) is 8.08. The summed E-state index contributed by atoms with van der Waals surface area (Å²) in [5.74, 6) is 3.44. The minimum atomic E-state index is 0.720. The van der Waals surface area contributed by atoms with Gasteiger partial charge in [-0.2, -0.15) is 0 Å². The Balaban J connectivity index is 2.03. The highest BCUT2D eigenvalue weighted by Crippen LogP contribution is 2.21. The van der Waals surface area contributed by atoms with Crippen LogP contribution in [0.3, 0.4) is 0 Å². The summed E-state index contributed by atoms with van der Waals surface area (Å²) in [4.78, 5) is 13.3. The predicted octanol–water partition coefficient (Wildman–Crippen LogP) is 2.20. The first-order chi connectivity index (χ1) is 10.5. The van der Waals surface area contributed by atoms with Gasteiger partial charge in [-0.15, -0.1) is 0 Å². The monoisotopic (exact) mass is 303 g/mol. The van der Waals surface area contributed by atoms with Crippen LogP contribution in [0.25, 0.3) is 0 Å². The molecule has 2 atom stereocenters. The quantitative estimate of drug-likeness (QED) is 0.687. The van der Waals surface area contributed by atoms with Crippen LogP contribution in [0.5, 0.6) is 0 Å². The molecule has 5 heteroatoms. The fraction of sp³-hybridized carbons (Fsp3) is 0.647.